The van der Waals surface area contributed by atoms with Crippen molar-refractivity contribution in [3.05, 3.63) is 39.2 Å². The number of halogens is 2. The molecule has 2 rings (SSSR count). The maximum atomic E-state index is 11.0. The van der Waals surface area contributed by atoms with Gasteiger partial charge in [0.25, 0.3) is 0 Å². The van der Waals surface area contributed by atoms with Crippen LogP contribution in [-0.2, 0) is 4.79 Å². The van der Waals surface area contributed by atoms with Gasteiger partial charge in [0.05, 0.1) is 5.02 Å². The summed E-state index contributed by atoms with van der Waals surface area (Å²) in [4.78, 5) is 13.0. The molecule has 0 bridgehead atoms. The molecule has 4 heteroatoms. The number of hydrogen-bond donors (Lipinski definition) is 0. The molecule has 0 fully saturated rings. The molecule has 0 heterocycles. The van der Waals surface area contributed by atoms with Gasteiger partial charge in [0.15, 0.2) is 5.78 Å². The van der Waals surface area contributed by atoms with Crippen LogP contribution in [0, 0.1) is 0 Å². The van der Waals surface area contributed by atoms with Crippen molar-refractivity contribution >= 4 is 40.7 Å². The lowest BCUT2D eigenvalue weighted by Crippen LogP contribution is -1.80. The highest BCUT2D eigenvalue weighted by Gasteiger charge is 2.14. The fourth-order valence-electron chi connectivity index (χ4n) is 1.35. The van der Waals surface area contributed by atoms with Crippen molar-refractivity contribution in [3.8, 4) is 0 Å². The minimum absolute atomic E-state index is 0.190. The number of allylic oxidation sites excluding steroid dienone is 2. The third kappa shape index (κ3) is 2.77. The summed E-state index contributed by atoms with van der Waals surface area (Å²) in [6.07, 6.45) is 3.11. The molecule has 1 aliphatic rings. The van der Waals surface area contributed by atoms with Gasteiger partial charge in [-0.1, -0.05) is 35.0 Å². The summed E-state index contributed by atoms with van der Waals surface area (Å²) in [5, 5.41) is 1.33. The van der Waals surface area contributed by atoms with Gasteiger partial charge in [0.2, 0.25) is 0 Å². The topological polar surface area (TPSA) is 17.1 Å². The van der Waals surface area contributed by atoms with Gasteiger partial charge in [-0.15, -0.1) is 0 Å². The lowest BCUT2D eigenvalue weighted by molar-refractivity contribution is -0.114. The van der Waals surface area contributed by atoms with Crippen molar-refractivity contribution in [2.75, 3.05) is 0 Å². The summed E-state index contributed by atoms with van der Waals surface area (Å²) >= 11 is 13.4. The maximum absolute atomic E-state index is 11.0. The van der Waals surface area contributed by atoms with Crippen molar-refractivity contribution in [2.24, 2.45) is 0 Å². The zero-order valence-electron chi connectivity index (χ0n) is 7.80. The van der Waals surface area contributed by atoms with Gasteiger partial charge < -0.3 is 0 Å². The van der Waals surface area contributed by atoms with Crippen LogP contribution >= 0.6 is 35.0 Å². The van der Waals surface area contributed by atoms with Crippen LogP contribution in [0.5, 0.6) is 0 Å². The lowest BCUT2D eigenvalue weighted by atomic mass is 10.3. The Morgan fingerprint density at radius 1 is 1.20 bits per heavy atom. The van der Waals surface area contributed by atoms with Gasteiger partial charge >= 0.3 is 0 Å². The minimum atomic E-state index is 0.190. The Labute approximate surface area is 102 Å². The third-order valence-electron chi connectivity index (χ3n) is 2.07. The predicted molar refractivity (Wildman–Crippen MR) is 64.6 cm³/mol. The van der Waals surface area contributed by atoms with Gasteiger partial charge in [-0.05, 0) is 35.6 Å². The number of thioether (sulfide) groups is 1. The summed E-state index contributed by atoms with van der Waals surface area (Å²) in [6, 6.07) is 5.34. The molecule has 0 spiro atoms. The molecule has 0 saturated heterocycles. The van der Waals surface area contributed by atoms with Crippen LogP contribution in [0.4, 0.5) is 0 Å². The summed E-state index contributed by atoms with van der Waals surface area (Å²) in [6.45, 7) is 0. The molecular formula is C11H8Cl2OS. The molecule has 1 aromatic rings. The van der Waals surface area contributed by atoms with E-state index in [0.29, 0.717) is 16.5 Å². The first kappa shape index (κ1) is 11.1. The van der Waals surface area contributed by atoms with Gasteiger partial charge in [-0.2, -0.15) is 0 Å². The number of rotatable bonds is 2. The quantitative estimate of drug-likeness (QED) is 0.786. The van der Waals surface area contributed by atoms with Crippen LogP contribution in [0.2, 0.25) is 10.0 Å². The van der Waals surface area contributed by atoms with Gasteiger partial charge in [-0.3, -0.25) is 4.79 Å². The van der Waals surface area contributed by atoms with E-state index in [9.17, 15) is 4.79 Å². The van der Waals surface area contributed by atoms with Crippen LogP contribution in [0.15, 0.2) is 34.1 Å². The smallest absolute Gasteiger partial charge is 0.156 e. The summed E-state index contributed by atoms with van der Waals surface area (Å²) in [7, 11) is 0. The van der Waals surface area contributed by atoms with Crippen molar-refractivity contribution < 1.29 is 4.79 Å². The average molecular weight is 259 g/mol. The molecule has 1 aromatic carbocycles. The normalized spacial score (nSPS) is 15.6. The Balaban J connectivity index is 2.20. The molecule has 0 N–H and O–H groups in total. The van der Waals surface area contributed by atoms with E-state index in [2.05, 4.69) is 0 Å². The van der Waals surface area contributed by atoms with E-state index in [1.54, 1.807) is 18.2 Å². The Morgan fingerprint density at radius 2 is 2.00 bits per heavy atom. The van der Waals surface area contributed by atoms with Crippen molar-refractivity contribution in [2.45, 2.75) is 17.7 Å². The molecule has 78 valence electrons. The first-order valence-electron chi connectivity index (χ1n) is 4.51. The van der Waals surface area contributed by atoms with E-state index >= 15 is 0 Å². The molecule has 1 nitrogen and oxygen atoms in total. The Kier molecular flexibility index (Phi) is 3.39. The SMILES string of the molecule is O=C1C=C(Sc2cc(Cl)ccc2Cl)CC1. The molecular weight excluding hydrogens is 251 g/mol. The predicted octanol–water partition coefficient (Wildman–Crippen LogP) is 4.33. The molecule has 0 saturated carbocycles. The highest BCUT2D eigenvalue weighted by Crippen LogP contribution is 2.38. The maximum Gasteiger partial charge on any atom is 0.156 e. The molecule has 1 aliphatic carbocycles. The average Bonchev–Trinajstić information content (AvgIpc) is 2.58. The van der Waals surface area contributed by atoms with E-state index < -0.39 is 0 Å². The second-order valence-corrected chi connectivity index (χ2v) is 5.27. The van der Waals surface area contributed by atoms with E-state index in [4.69, 9.17) is 23.2 Å². The number of ketones is 1. The molecule has 0 aliphatic heterocycles. The number of hydrogen-bond acceptors (Lipinski definition) is 2. The van der Waals surface area contributed by atoms with Gasteiger partial charge in [0, 0.05) is 16.3 Å². The van der Waals surface area contributed by atoms with Crippen LogP contribution in [0.25, 0.3) is 0 Å². The van der Waals surface area contributed by atoms with E-state index in [1.807, 2.05) is 6.07 Å². The zero-order valence-corrected chi connectivity index (χ0v) is 10.1. The fourth-order valence-corrected chi connectivity index (χ4v) is 2.85. The highest BCUT2D eigenvalue weighted by molar-refractivity contribution is 8.03. The van der Waals surface area contributed by atoms with E-state index in [1.165, 1.54) is 11.8 Å². The Bertz CT molecular complexity index is 440. The van der Waals surface area contributed by atoms with E-state index in [0.717, 1.165) is 16.2 Å². The highest BCUT2D eigenvalue weighted by atomic mass is 35.5. The standard InChI is InChI=1S/C11H8Cl2OS/c12-7-1-4-10(13)11(5-7)15-9-3-2-8(14)6-9/h1,4-6H,2-3H2. The summed E-state index contributed by atoms with van der Waals surface area (Å²) < 4.78 is 0. The van der Waals surface area contributed by atoms with Gasteiger partial charge in [0.1, 0.15) is 0 Å². The fraction of sp³-hybridized carbons (Fsp3) is 0.182. The molecule has 0 amide bonds. The van der Waals surface area contributed by atoms with Crippen molar-refractivity contribution in [1.82, 2.24) is 0 Å². The number of benzene rings is 1. The minimum Gasteiger partial charge on any atom is -0.295 e. The molecule has 0 radical (unpaired) electrons. The van der Waals surface area contributed by atoms with E-state index in [-0.39, 0.29) is 5.78 Å². The molecule has 0 atom stereocenters. The van der Waals surface area contributed by atoms with Crippen molar-refractivity contribution in [3.63, 3.8) is 0 Å². The van der Waals surface area contributed by atoms with Crippen LogP contribution < -0.4 is 0 Å². The molecule has 15 heavy (non-hydrogen) atoms. The van der Waals surface area contributed by atoms with Gasteiger partial charge in [-0.25, -0.2) is 0 Å². The number of carbonyl (C=O) groups is 1. The van der Waals surface area contributed by atoms with Crippen LogP contribution in [-0.4, -0.2) is 5.78 Å². The lowest BCUT2D eigenvalue weighted by Gasteiger charge is -2.04. The van der Waals surface area contributed by atoms with Crippen molar-refractivity contribution in [1.29, 1.82) is 0 Å². The summed E-state index contributed by atoms with van der Waals surface area (Å²) in [5.74, 6) is 0.190. The molecule has 0 unspecified atom stereocenters. The third-order valence-corrected chi connectivity index (χ3v) is 3.89. The first-order valence-corrected chi connectivity index (χ1v) is 6.09. The largest absolute Gasteiger partial charge is 0.295 e. The zero-order chi connectivity index (χ0) is 10.8. The van der Waals surface area contributed by atoms with Crippen LogP contribution in [0.3, 0.4) is 0 Å². The molecule has 0 aromatic heterocycles. The number of carbonyl (C=O) groups excluding carboxylic acids is 1. The second-order valence-electron chi connectivity index (χ2n) is 3.25. The Morgan fingerprint density at radius 3 is 2.67 bits per heavy atom. The summed E-state index contributed by atoms with van der Waals surface area (Å²) in [5.41, 5.74) is 0. The van der Waals surface area contributed by atoms with Crippen LogP contribution in [0.1, 0.15) is 12.8 Å². The monoisotopic (exact) mass is 258 g/mol. The first-order chi connectivity index (χ1) is 7.15. The Hall–Kier alpha value is -0.440. The second kappa shape index (κ2) is 4.60.